The van der Waals surface area contributed by atoms with Crippen molar-refractivity contribution in [1.82, 2.24) is 8.84 Å². The van der Waals surface area contributed by atoms with E-state index in [1.165, 1.54) is 20.9 Å². The van der Waals surface area contributed by atoms with Crippen molar-refractivity contribution in [3.8, 4) is 0 Å². The van der Waals surface area contributed by atoms with Gasteiger partial charge in [-0.1, -0.05) is 0 Å². The second kappa shape index (κ2) is 3.96. The third kappa shape index (κ3) is 2.53. The molecule has 0 aromatic carbocycles. The van der Waals surface area contributed by atoms with E-state index in [1.54, 1.807) is 0 Å². The summed E-state index contributed by atoms with van der Waals surface area (Å²) in [5, 5.41) is 0. The van der Waals surface area contributed by atoms with Gasteiger partial charge in [-0.25, -0.2) is 13.6 Å². The quantitative estimate of drug-likeness (QED) is 0.516. The van der Waals surface area contributed by atoms with Gasteiger partial charge >= 0.3 is 6.03 Å². The summed E-state index contributed by atoms with van der Waals surface area (Å²) in [6.45, 7) is 3.01. The number of aldehydes is 1. The van der Waals surface area contributed by atoms with Crippen molar-refractivity contribution in [3.63, 3.8) is 0 Å². The SMILES string of the molecule is CN(Cl)C(=O)N(Cl)C(C)(C)C=O. The van der Waals surface area contributed by atoms with Gasteiger partial charge < -0.3 is 4.79 Å². The fourth-order valence-corrected chi connectivity index (χ4v) is 0.681. The number of carbonyl (C=O) groups is 2. The van der Waals surface area contributed by atoms with Crippen LogP contribution >= 0.6 is 23.6 Å². The van der Waals surface area contributed by atoms with Gasteiger partial charge in [0.15, 0.2) is 0 Å². The van der Waals surface area contributed by atoms with Crippen LogP contribution in [-0.2, 0) is 4.79 Å². The third-order valence-electron chi connectivity index (χ3n) is 1.23. The smallest absolute Gasteiger partial charge is 0.301 e. The molecule has 0 fully saturated rings. The van der Waals surface area contributed by atoms with E-state index < -0.39 is 11.6 Å². The Bertz CT molecular complexity index is 194. The summed E-state index contributed by atoms with van der Waals surface area (Å²) in [6.07, 6.45) is 0.568. The highest BCUT2D eigenvalue weighted by Gasteiger charge is 2.31. The van der Waals surface area contributed by atoms with Crippen LogP contribution in [0.1, 0.15) is 13.8 Å². The van der Waals surface area contributed by atoms with E-state index in [2.05, 4.69) is 0 Å². The van der Waals surface area contributed by atoms with Gasteiger partial charge in [0, 0.05) is 30.6 Å². The second-order valence-electron chi connectivity index (χ2n) is 2.81. The van der Waals surface area contributed by atoms with Gasteiger partial charge in [0.1, 0.15) is 11.8 Å². The summed E-state index contributed by atoms with van der Waals surface area (Å²) >= 11 is 10.9. The lowest BCUT2D eigenvalue weighted by molar-refractivity contribution is -0.113. The zero-order valence-electron chi connectivity index (χ0n) is 7.04. The largest absolute Gasteiger partial charge is 0.349 e. The molecule has 0 unspecified atom stereocenters. The standard InChI is InChI=1S/C6H10Cl2N2O2/c1-6(2,4-11)10(8)5(12)9(3)7/h4H,1-3H3. The Morgan fingerprint density at radius 1 is 1.42 bits per heavy atom. The van der Waals surface area contributed by atoms with Crippen LogP contribution in [0.2, 0.25) is 0 Å². The third-order valence-corrected chi connectivity index (χ3v) is 1.95. The van der Waals surface area contributed by atoms with Crippen LogP contribution in [0.4, 0.5) is 4.79 Å². The first-order valence-corrected chi connectivity index (χ1v) is 3.86. The second-order valence-corrected chi connectivity index (χ2v) is 3.66. The van der Waals surface area contributed by atoms with Crippen molar-refractivity contribution in [2.24, 2.45) is 0 Å². The van der Waals surface area contributed by atoms with Crippen LogP contribution in [0, 0.1) is 0 Å². The van der Waals surface area contributed by atoms with Gasteiger partial charge in [0.2, 0.25) is 0 Å². The van der Waals surface area contributed by atoms with E-state index in [-0.39, 0.29) is 0 Å². The number of rotatable bonds is 2. The summed E-state index contributed by atoms with van der Waals surface area (Å²) in [6, 6.07) is -0.643. The molecule has 0 aromatic heterocycles. The molecule has 0 aliphatic carbocycles. The molecule has 12 heavy (non-hydrogen) atoms. The first-order valence-electron chi connectivity index (χ1n) is 3.18. The molecule has 0 bridgehead atoms. The van der Waals surface area contributed by atoms with Gasteiger partial charge in [0.05, 0.1) is 0 Å². The number of halogens is 2. The van der Waals surface area contributed by atoms with Crippen LogP contribution in [-0.4, -0.2) is 33.7 Å². The molecule has 0 heterocycles. The van der Waals surface area contributed by atoms with Crippen molar-refractivity contribution >= 4 is 35.9 Å². The van der Waals surface area contributed by atoms with E-state index in [0.29, 0.717) is 6.29 Å². The molecule has 0 aromatic rings. The minimum atomic E-state index is -1.05. The maximum Gasteiger partial charge on any atom is 0.349 e. The minimum absolute atomic E-state index is 0.568. The monoisotopic (exact) mass is 212 g/mol. The van der Waals surface area contributed by atoms with Crippen molar-refractivity contribution in [3.05, 3.63) is 0 Å². The lowest BCUT2D eigenvalue weighted by Crippen LogP contribution is -2.45. The van der Waals surface area contributed by atoms with Gasteiger partial charge in [-0.05, 0) is 13.8 Å². The number of amides is 2. The molecule has 0 radical (unpaired) electrons. The molecule has 0 atom stereocenters. The molecule has 70 valence electrons. The molecule has 0 N–H and O–H groups in total. The lowest BCUT2D eigenvalue weighted by atomic mass is 10.1. The number of urea groups is 1. The van der Waals surface area contributed by atoms with Gasteiger partial charge in [-0.2, -0.15) is 0 Å². The molecular weight excluding hydrogens is 203 g/mol. The zero-order chi connectivity index (χ0) is 9.94. The molecule has 4 nitrogen and oxygen atoms in total. The summed E-state index contributed by atoms with van der Waals surface area (Å²) in [4.78, 5) is 21.5. The molecular formula is C6H10Cl2N2O2. The van der Waals surface area contributed by atoms with Crippen LogP contribution in [0.25, 0.3) is 0 Å². The van der Waals surface area contributed by atoms with Crippen LogP contribution in [0.5, 0.6) is 0 Å². The highest BCUT2D eigenvalue weighted by Crippen LogP contribution is 2.16. The minimum Gasteiger partial charge on any atom is -0.301 e. The number of carbonyl (C=O) groups excluding carboxylic acids is 2. The molecule has 0 rings (SSSR count). The summed E-state index contributed by atoms with van der Waals surface area (Å²) in [5.41, 5.74) is -1.05. The van der Waals surface area contributed by atoms with Crippen molar-refractivity contribution < 1.29 is 9.59 Å². The normalized spacial score (nSPS) is 10.8. The van der Waals surface area contributed by atoms with Gasteiger partial charge in [-0.15, -0.1) is 0 Å². The Kier molecular flexibility index (Phi) is 3.80. The van der Waals surface area contributed by atoms with E-state index in [4.69, 9.17) is 23.6 Å². The Labute approximate surface area is 81.2 Å². The van der Waals surface area contributed by atoms with Gasteiger partial charge in [0.25, 0.3) is 0 Å². The fraction of sp³-hybridized carbons (Fsp3) is 0.667. The van der Waals surface area contributed by atoms with E-state index >= 15 is 0 Å². The Balaban J connectivity index is 4.49. The summed E-state index contributed by atoms with van der Waals surface area (Å²) in [5.74, 6) is 0. The van der Waals surface area contributed by atoms with E-state index in [1.807, 2.05) is 0 Å². The number of hydrogen-bond acceptors (Lipinski definition) is 2. The lowest BCUT2D eigenvalue weighted by Gasteiger charge is -2.28. The fourth-order valence-electron chi connectivity index (χ4n) is 0.414. The first kappa shape index (κ1) is 11.5. The molecule has 0 aliphatic rings. The highest BCUT2D eigenvalue weighted by molar-refractivity contribution is 6.28. The molecule has 2 amide bonds. The topological polar surface area (TPSA) is 40.6 Å². The van der Waals surface area contributed by atoms with Crippen LogP contribution in [0.15, 0.2) is 0 Å². The average Bonchev–Trinajstić information content (AvgIpc) is 2.01. The van der Waals surface area contributed by atoms with Crippen molar-refractivity contribution in [1.29, 1.82) is 0 Å². The molecule has 0 aliphatic heterocycles. The maximum absolute atomic E-state index is 11.1. The average molecular weight is 213 g/mol. The Morgan fingerprint density at radius 2 is 1.83 bits per heavy atom. The number of nitrogens with zero attached hydrogens (tertiary/aromatic N) is 2. The molecule has 0 saturated heterocycles. The van der Waals surface area contributed by atoms with Crippen LogP contribution < -0.4 is 0 Å². The van der Waals surface area contributed by atoms with E-state index in [0.717, 1.165) is 8.84 Å². The highest BCUT2D eigenvalue weighted by atomic mass is 35.5. The van der Waals surface area contributed by atoms with Crippen LogP contribution in [0.3, 0.4) is 0 Å². The molecule has 0 saturated carbocycles. The zero-order valence-corrected chi connectivity index (χ0v) is 8.56. The van der Waals surface area contributed by atoms with Crippen molar-refractivity contribution in [2.45, 2.75) is 19.4 Å². The maximum atomic E-state index is 11.1. The predicted octanol–water partition coefficient (Wildman–Crippen LogP) is 1.63. The summed E-state index contributed by atoms with van der Waals surface area (Å²) in [7, 11) is 1.33. The first-order chi connectivity index (χ1) is 5.33. The Morgan fingerprint density at radius 3 is 2.08 bits per heavy atom. The Hall–Kier alpha value is -0.480. The van der Waals surface area contributed by atoms with E-state index in [9.17, 15) is 9.59 Å². The van der Waals surface area contributed by atoms with Gasteiger partial charge in [-0.3, -0.25) is 0 Å². The summed E-state index contributed by atoms with van der Waals surface area (Å²) < 4.78 is 1.52. The molecule has 6 heteroatoms. The number of hydrogen-bond donors (Lipinski definition) is 0. The van der Waals surface area contributed by atoms with Crippen molar-refractivity contribution in [2.75, 3.05) is 7.05 Å². The molecule has 0 spiro atoms. The predicted molar refractivity (Wildman–Crippen MR) is 46.8 cm³/mol.